The van der Waals surface area contributed by atoms with Gasteiger partial charge in [-0.1, -0.05) is 17.7 Å². The number of hydrazone groups is 1. The number of carbonyl (C=O) groups excluding carboxylic acids is 2. The third-order valence-corrected chi connectivity index (χ3v) is 3.48. The van der Waals surface area contributed by atoms with E-state index >= 15 is 0 Å². The molecule has 2 N–H and O–H groups in total. The highest BCUT2D eigenvalue weighted by atomic mass is 16.5. The highest BCUT2D eigenvalue weighted by Crippen LogP contribution is 2.14. The highest BCUT2D eigenvalue weighted by Gasteiger charge is 2.13. The van der Waals surface area contributed by atoms with Gasteiger partial charge in [-0.25, -0.2) is 5.43 Å². The molecule has 136 valence electrons. The van der Waals surface area contributed by atoms with Gasteiger partial charge in [0.25, 0.3) is 0 Å². The minimum atomic E-state index is -0.829. The molecule has 26 heavy (non-hydrogen) atoms. The summed E-state index contributed by atoms with van der Waals surface area (Å²) in [5, 5.41) is 6.50. The van der Waals surface area contributed by atoms with E-state index in [9.17, 15) is 9.59 Å². The first kappa shape index (κ1) is 19.2. The number of anilines is 1. The summed E-state index contributed by atoms with van der Waals surface area (Å²) in [6, 6.07) is 14.5. The van der Waals surface area contributed by atoms with E-state index in [0.717, 1.165) is 16.9 Å². The van der Waals surface area contributed by atoms with Crippen LogP contribution in [0.25, 0.3) is 0 Å². The molecule has 0 saturated carbocycles. The summed E-state index contributed by atoms with van der Waals surface area (Å²) in [4.78, 5) is 23.8. The molecule has 0 atom stereocenters. The van der Waals surface area contributed by atoms with Crippen LogP contribution in [0.2, 0.25) is 0 Å². The maximum Gasteiger partial charge on any atom is 0.329 e. The van der Waals surface area contributed by atoms with Crippen LogP contribution >= 0.6 is 0 Å². The molecule has 0 aliphatic carbocycles. The number of nitrogens with one attached hydrogen (secondary N) is 2. The molecule has 0 bridgehead atoms. The summed E-state index contributed by atoms with van der Waals surface area (Å²) < 4.78 is 5.58. The van der Waals surface area contributed by atoms with Crippen LogP contribution in [0.1, 0.15) is 31.9 Å². The normalized spacial score (nSPS) is 11.2. The molecule has 0 saturated heterocycles. The maximum absolute atomic E-state index is 11.9. The third-order valence-electron chi connectivity index (χ3n) is 3.48. The van der Waals surface area contributed by atoms with Gasteiger partial charge >= 0.3 is 11.8 Å². The molecule has 6 heteroatoms. The van der Waals surface area contributed by atoms with Gasteiger partial charge in [0.1, 0.15) is 5.75 Å². The number of hydrogen-bond donors (Lipinski definition) is 2. The minimum Gasteiger partial charge on any atom is -0.491 e. The summed E-state index contributed by atoms with van der Waals surface area (Å²) in [6.07, 6.45) is 0.0990. The Kier molecular flexibility index (Phi) is 6.49. The molecule has 0 heterocycles. The molecular weight excluding hydrogens is 330 g/mol. The molecule has 0 fully saturated rings. The van der Waals surface area contributed by atoms with Crippen molar-refractivity contribution in [3.8, 4) is 5.75 Å². The van der Waals surface area contributed by atoms with Crippen molar-refractivity contribution in [3.63, 3.8) is 0 Å². The average Bonchev–Trinajstić information content (AvgIpc) is 2.61. The number of carbonyl (C=O) groups is 2. The van der Waals surface area contributed by atoms with Gasteiger partial charge in [0.15, 0.2) is 0 Å². The predicted molar refractivity (Wildman–Crippen MR) is 102 cm³/mol. The smallest absolute Gasteiger partial charge is 0.329 e. The number of benzene rings is 2. The Bertz CT molecular complexity index is 794. The number of ether oxygens (including phenoxy) is 1. The van der Waals surface area contributed by atoms with Gasteiger partial charge in [0, 0.05) is 5.69 Å². The summed E-state index contributed by atoms with van der Waals surface area (Å²) in [6.45, 7) is 7.60. The fourth-order valence-corrected chi connectivity index (χ4v) is 2.12. The van der Waals surface area contributed by atoms with Crippen molar-refractivity contribution in [2.24, 2.45) is 5.10 Å². The molecule has 0 spiro atoms. The number of nitrogens with zero attached hydrogens (tertiary/aromatic N) is 1. The zero-order chi connectivity index (χ0) is 19.1. The first-order chi connectivity index (χ1) is 12.3. The lowest BCUT2D eigenvalue weighted by Crippen LogP contribution is -2.32. The Balaban J connectivity index is 1.93. The first-order valence-electron chi connectivity index (χ1n) is 8.34. The van der Waals surface area contributed by atoms with Crippen molar-refractivity contribution < 1.29 is 14.3 Å². The fourth-order valence-electron chi connectivity index (χ4n) is 2.12. The molecule has 2 amide bonds. The van der Waals surface area contributed by atoms with Crippen molar-refractivity contribution in [3.05, 3.63) is 59.7 Å². The van der Waals surface area contributed by atoms with E-state index in [4.69, 9.17) is 4.74 Å². The zero-order valence-electron chi connectivity index (χ0n) is 15.4. The lowest BCUT2D eigenvalue weighted by atomic mass is 10.1. The van der Waals surface area contributed by atoms with E-state index in [2.05, 4.69) is 15.8 Å². The van der Waals surface area contributed by atoms with Gasteiger partial charge in [0.2, 0.25) is 0 Å². The highest BCUT2D eigenvalue weighted by molar-refractivity contribution is 6.39. The molecular formula is C20H23N3O3. The maximum atomic E-state index is 11.9. The molecule has 2 rings (SSSR count). The van der Waals surface area contributed by atoms with E-state index in [-0.39, 0.29) is 6.10 Å². The van der Waals surface area contributed by atoms with Crippen molar-refractivity contribution in [1.82, 2.24) is 5.43 Å². The summed E-state index contributed by atoms with van der Waals surface area (Å²) >= 11 is 0. The zero-order valence-corrected chi connectivity index (χ0v) is 15.4. The topological polar surface area (TPSA) is 79.8 Å². The van der Waals surface area contributed by atoms with Gasteiger partial charge < -0.3 is 10.1 Å². The number of rotatable bonds is 5. The largest absolute Gasteiger partial charge is 0.491 e. The second-order valence-corrected chi connectivity index (χ2v) is 6.15. The lowest BCUT2D eigenvalue weighted by molar-refractivity contribution is -0.136. The SMILES string of the molecule is C/C(=N/NC(=O)C(=O)Nc1ccc(C)cc1)c1ccc(OC(C)C)cc1. The Morgan fingerprint density at radius 2 is 1.58 bits per heavy atom. The van der Waals surface area contributed by atoms with Gasteiger partial charge in [-0.05, 0) is 69.7 Å². The molecule has 0 aliphatic heterocycles. The molecule has 0 aromatic heterocycles. The monoisotopic (exact) mass is 353 g/mol. The van der Waals surface area contributed by atoms with E-state index in [0.29, 0.717) is 11.4 Å². The lowest BCUT2D eigenvalue weighted by Gasteiger charge is -2.10. The molecule has 2 aromatic carbocycles. The number of aryl methyl sites for hydroxylation is 1. The van der Waals surface area contributed by atoms with Crippen LogP contribution in [0.3, 0.4) is 0 Å². The van der Waals surface area contributed by atoms with E-state index in [1.54, 1.807) is 19.1 Å². The Labute approximate surface area is 153 Å². The standard InChI is InChI=1S/C20H23N3O3/c1-13(2)26-18-11-7-16(8-12-18)15(4)22-23-20(25)19(24)21-17-9-5-14(3)6-10-17/h5-13H,1-4H3,(H,21,24)(H,23,25)/b22-15-. The minimum absolute atomic E-state index is 0.0990. The van der Waals surface area contributed by atoms with Crippen LogP contribution in [-0.2, 0) is 9.59 Å². The number of hydrogen-bond acceptors (Lipinski definition) is 4. The summed E-state index contributed by atoms with van der Waals surface area (Å²) in [5.74, 6) is -0.839. The van der Waals surface area contributed by atoms with Crippen LogP contribution in [0.15, 0.2) is 53.6 Å². The van der Waals surface area contributed by atoms with Gasteiger partial charge in [-0.2, -0.15) is 5.10 Å². The number of amides is 2. The van der Waals surface area contributed by atoms with Crippen LogP contribution in [-0.4, -0.2) is 23.6 Å². The second-order valence-electron chi connectivity index (χ2n) is 6.15. The van der Waals surface area contributed by atoms with E-state index in [1.807, 2.05) is 57.2 Å². The van der Waals surface area contributed by atoms with Gasteiger partial charge in [-0.3, -0.25) is 9.59 Å². The van der Waals surface area contributed by atoms with E-state index in [1.165, 1.54) is 0 Å². The molecule has 0 radical (unpaired) electrons. The van der Waals surface area contributed by atoms with Crippen LogP contribution in [0.4, 0.5) is 5.69 Å². The molecule has 6 nitrogen and oxygen atoms in total. The first-order valence-corrected chi connectivity index (χ1v) is 8.34. The average molecular weight is 353 g/mol. The quantitative estimate of drug-likeness (QED) is 0.492. The van der Waals surface area contributed by atoms with E-state index < -0.39 is 11.8 Å². The van der Waals surface area contributed by atoms with Crippen molar-refractivity contribution in [2.75, 3.05) is 5.32 Å². The van der Waals surface area contributed by atoms with Gasteiger partial charge in [0.05, 0.1) is 11.8 Å². The van der Waals surface area contributed by atoms with Gasteiger partial charge in [-0.15, -0.1) is 0 Å². The Hall–Kier alpha value is -3.15. The summed E-state index contributed by atoms with van der Waals surface area (Å²) in [5.41, 5.74) is 5.29. The predicted octanol–water partition coefficient (Wildman–Crippen LogP) is 3.26. The second kappa shape index (κ2) is 8.80. The third kappa shape index (κ3) is 5.73. The summed E-state index contributed by atoms with van der Waals surface area (Å²) in [7, 11) is 0. The Morgan fingerprint density at radius 3 is 2.15 bits per heavy atom. The Morgan fingerprint density at radius 1 is 0.962 bits per heavy atom. The van der Waals surface area contributed by atoms with Crippen LogP contribution < -0.4 is 15.5 Å². The molecule has 0 unspecified atom stereocenters. The fraction of sp³-hybridized carbons (Fsp3) is 0.250. The van der Waals surface area contributed by atoms with Crippen LogP contribution in [0.5, 0.6) is 5.75 Å². The molecule has 2 aromatic rings. The molecule has 0 aliphatic rings. The van der Waals surface area contributed by atoms with Crippen LogP contribution in [0, 0.1) is 6.92 Å². The van der Waals surface area contributed by atoms with Crippen molar-refractivity contribution >= 4 is 23.2 Å². The van der Waals surface area contributed by atoms with Crippen molar-refractivity contribution in [1.29, 1.82) is 0 Å². The van der Waals surface area contributed by atoms with Crippen molar-refractivity contribution in [2.45, 2.75) is 33.8 Å².